The fraction of sp³-hybridized carbons (Fsp3) is 0.500. The van der Waals surface area contributed by atoms with Crippen LogP contribution in [0.15, 0.2) is 18.2 Å². The SMILES string of the molecule is CC1(C(=O)Nc2cc(N)cc(F)c2)CCCCC1. The maximum atomic E-state index is 13.2. The van der Waals surface area contributed by atoms with E-state index in [1.54, 1.807) is 6.07 Å². The second-order valence-corrected chi connectivity index (χ2v) is 5.35. The Balaban J connectivity index is 2.10. The number of hydrogen-bond donors (Lipinski definition) is 2. The molecular formula is C14H19FN2O. The lowest BCUT2D eigenvalue weighted by atomic mass is 9.75. The third-order valence-electron chi connectivity index (χ3n) is 3.68. The first-order chi connectivity index (χ1) is 8.49. The molecule has 0 saturated heterocycles. The van der Waals surface area contributed by atoms with E-state index >= 15 is 0 Å². The molecule has 1 aromatic rings. The zero-order valence-corrected chi connectivity index (χ0v) is 10.6. The Labute approximate surface area is 107 Å². The Kier molecular flexibility index (Phi) is 3.55. The van der Waals surface area contributed by atoms with Gasteiger partial charge < -0.3 is 11.1 Å². The van der Waals surface area contributed by atoms with Gasteiger partial charge in [0, 0.05) is 16.8 Å². The van der Waals surface area contributed by atoms with Crippen LogP contribution in [0.25, 0.3) is 0 Å². The third kappa shape index (κ3) is 2.81. The standard InChI is InChI=1S/C14H19FN2O/c1-14(5-3-2-4-6-14)13(18)17-12-8-10(15)7-11(16)9-12/h7-9H,2-6,16H2,1H3,(H,17,18). The van der Waals surface area contributed by atoms with Crippen LogP contribution in [0.5, 0.6) is 0 Å². The van der Waals surface area contributed by atoms with Crippen LogP contribution in [0.3, 0.4) is 0 Å². The molecule has 2 rings (SSSR count). The normalized spacial score (nSPS) is 18.3. The van der Waals surface area contributed by atoms with Crippen LogP contribution in [0.4, 0.5) is 15.8 Å². The van der Waals surface area contributed by atoms with Crippen molar-refractivity contribution in [1.29, 1.82) is 0 Å². The molecule has 0 atom stereocenters. The summed E-state index contributed by atoms with van der Waals surface area (Å²) in [5.74, 6) is -0.466. The lowest BCUT2D eigenvalue weighted by Gasteiger charge is -2.32. The van der Waals surface area contributed by atoms with Crippen molar-refractivity contribution >= 4 is 17.3 Å². The van der Waals surface area contributed by atoms with Crippen molar-refractivity contribution in [3.8, 4) is 0 Å². The van der Waals surface area contributed by atoms with E-state index in [2.05, 4.69) is 5.32 Å². The van der Waals surface area contributed by atoms with Crippen molar-refractivity contribution in [2.75, 3.05) is 11.1 Å². The quantitative estimate of drug-likeness (QED) is 0.791. The lowest BCUT2D eigenvalue weighted by molar-refractivity contribution is -0.126. The third-order valence-corrected chi connectivity index (χ3v) is 3.68. The van der Waals surface area contributed by atoms with Gasteiger partial charge in [-0.05, 0) is 31.0 Å². The fourth-order valence-corrected chi connectivity index (χ4v) is 2.53. The maximum Gasteiger partial charge on any atom is 0.230 e. The zero-order chi connectivity index (χ0) is 13.2. The minimum Gasteiger partial charge on any atom is -0.399 e. The molecule has 0 heterocycles. The summed E-state index contributed by atoms with van der Waals surface area (Å²) in [4.78, 5) is 12.2. The number of nitrogen functional groups attached to an aromatic ring is 1. The van der Waals surface area contributed by atoms with Crippen LogP contribution < -0.4 is 11.1 Å². The molecule has 0 radical (unpaired) electrons. The summed E-state index contributed by atoms with van der Waals surface area (Å²) < 4.78 is 13.2. The van der Waals surface area contributed by atoms with E-state index < -0.39 is 5.82 Å². The molecule has 1 aromatic carbocycles. The number of carbonyl (C=O) groups is 1. The molecule has 0 aliphatic heterocycles. The van der Waals surface area contributed by atoms with E-state index in [9.17, 15) is 9.18 Å². The van der Waals surface area contributed by atoms with E-state index in [1.165, 1.54) is 18.6 Å². The van der Waals surface area contributed by atoms with E-state index in [0.29, 0.717) is 11.4 Å². The summed E-state index contributed by atoms with van der Waals surface area (Å²) >= 11 is 0. The van der Waals surface area contributed by atoms with Gasteiger partial charge >= 0.3 is 0 Å². The predicted octanol–water partition coefficient (Wildman–Crippen LogP) is 3.32. The summed E-state index contributed by atoms with van der Waals surface area (Å²) in [5, 5.41) is 2.77. The van der Waals surface area contributed by atoms with Crippen LogP contribution in [-0.4, -0.2) is 5.91 Å². The molecule has 1 amide bonds. The Morgan fingerprint density at radius 3 is 2.56 bits per heavy atom. The molecule has 3 nitrogen and oxygen atoms in total. The average Bonchev–Trinajstić information content (AvgIpc) is 2.28. The second-order valence-electron chi connectivity index (χ2n) is 5.35. The summed E-state index contributed by atoms with van der Waals surface area (Å²) in [7, 11) is 0. The summed E-state index contributed by atoms with van der Waals surface area (Å²) in [6.45, 7) is 1.98. The first-order valence-electron chi connectivity index (χ1n) is 6.37. The predicted molar refractivity (Wildman–Crippen MR) is 70.6 cm³/mol. The number of benzene rings is 1. The van der Waals surface area contributed by atoms with E-state index in [0.717, 1.165) is 25.7 Å². The Morgan fingerprint density at radius 2 is 1.94 bits per heavy atom. The average molecular weight is 250 g/mol. The molecular weight excluding hydrogens is 231 g/mol. The van der Waals surface area contributed by atoms with Gasteiger partial charge in [0.2, 0.25) is 5.91 Å². The highest BCUT2D eigenvalue weighted by molar-refractivity contribution is 5.95. The zero-order valence-electron chi connectivity index (χ0n) is 10.6. The number of anilines is 2. The van der Waals surface area contributed by atoms with E-state index in [-0.39, 0.29) is 11.3 Å². The number of halogens is 1. The van der Waals surface area contributed by atoms with Crippen LogP contribution in [0.1, 0.15) is 39.0 Å². The van der Waals surface area contributed by atoms with Crippen molar-refractivity contribution in [1.82, 2.24) is 0 Å². The Hall–Kier alpha value is -1.58. The molecule has 4 heteroatoms. The molecule has 1 aliphatic rings. The Morgan fingerprint density at radius 1 is 1.28 bits per heavy atom. The molecule has 3 N–H and O–H groups in total. The van der Waals surface area contributed by atoms with Crippen molar-refractivity contribution < 1.29 is 9.18 Å². The van der Waals surface area contributed by atoms with Crippen molar-refractivity contribution in [2.45, 2.75) is 39.0 Å². The van der Waals surface area contributed by atoms with E-state index in [4.69, 9.17) is 5.73 Å². The van der Waals surface area contributed by atoms with Crippen molar-refractivity contribution in [3.05, 3.63) is 24.0 Å². The number of nitrogens with two attached hydrogens (primary N) is 1. The van der Waals surface area contributed by atoms with Gasteiger partial charge in [0.05, 0.1) is 0 Å². The number of carbonyl (C=O) groups excluding carboxylic acids is 1. The minimum atomic E-state index is -0.431. The molecule has 1 aliphatic carbocycles. The monoisotopic (exact) mass is 250 g/mol. The largest absolute Gasteiger partial charge is 0.399 e. The second kappa shape index (κ2) is 4.96. The van der Waals surface area contributed by atoms with Crippen molar-refractivity contribution in [2.24, 2.45) is 5.41 Å². The number of nitrogens with one attached hydrogen (secondary N) is 1. The van der Waals surface area contributed by atoms with E-state index in [1.807, 2.05) is 6.92 Å². The molecule has 0 unspecified atom stereocenters. The van der Waals surface area contributed by atoms with Gasteiger partial charge in [0.15, 0.2) is 0 Å². The highest BCUT2D eigenvalue weighted by Gasteiger charge is 2.34. The molecule has 0 bridgehead atoms. The van der Waals surface area contributed by atoms with Gasteiger partial charge in [-0.25, -0.2) is 4.39 Å². The number of rotatable bonds is 2. The Bertz CT molecular complexity index is 433. The summed E-state index contributed by atoms with van der Waals surface area (Å²) in [6, 6.07) is 4.10. The van der Waals surface area contributed by atoms with Gasteiger partial charge in [-0.15, -0.1) is 0 Å². The molecule has 0 spiro atoms. The molecule has 1 saturated carbocycles. The minimum absolute atomic E-state index is 0.0350. The lowest BCUT2D eigenvalue weighted by Crippen LogP contribution is -2.35. The van der Waals surface area contributed by atoms with Gasteiger partial charge in [0.1, 0.15) is 5.82 Å². The van der Waals surface area contributed by atoms with Gasteiger partial charge in [-0.2, -0.15) is 0 Å². The van der Waals surface area contributed by atoms with Crippen LogP contribution in [0, 0.1) is 11.2 Å². The smallest absolute Gasteiger partial charge is 0.230 e. The first-order valence-corrected chi connectivity index (χ1v) is 6.37. The first kappa shape index (κ1) is 12.9. The summed E-state index contributed by atoms with van der Waals surface area (Å²) in [5.41, 5.74) is 5.97. The molecule has 18 heavy (non-hydrogen) atoms. The molecule has 1 fully saturated rings. The number of amides is 1. The summed E-state index contributed by atoms with van der Waals surface area (Å²) in [6.07, 6.45) is 5.13. The highest BCUT2D eigenvalue weighted by atomic mass is 19.1. The fourth-order valence-electron chi connectivity index (χ4n) is 2.53. The van der Waals surface area contributed by atoms with Crippen LogP contribution >= 0.6 is 0 Å². The maximum absolute atomic E-state index is 13.2. The molecule has 0 aromatic heterocycles. The molecule has 98 valence electrons. The topological polar surface area (TPSA) is 55.1 Å². The van der Waals surface area contributed by atoms with Crippen LogP contribution in [0.2, 0.25) is 0 Å². The highest BCUT2D eigenvalue weighted by Crippen LogP contribution is 2.36. The van der Waals surface area contributed by atoms with Gasteiger partial charge in [-0.1, -0.05) is 26.2 Å². The van der Waals surface area contributed by atoms with Gasteiger partial charge in [0.25, 0.3) is 0 Å². The van der Waals surface area contributed by atoms with Crippen LogP contribution in [-0.2, 0) is 4.79 Å². The van der Waals surface area contributed by atoms with Gasteiger partial charge in [-0.3, -0.25) is 4.79 Å². The number of hydrogen-bond acceptors (Lipinski definition) is 2. The van der Waals surface area contributed by atoms with Crippen molar-refractivity contribution in [3.63, 3.8) is 0 Å².